The van der Waals surface area contributed by atoms with Crippen molar-refractivity contribution in [2.75, 3.05) is 6.61 Å². The quantitative estimate of drug-likeness (QED) is 0.589. The van der Waals surface area contributed by atoms with E-state index in [1.807, 2.05) is 0 Å². The summed E-state index contributed by atoms with van der Waals surface area (Å²) in [4.78, 5) is 25.1. The molecule has 0 aromatic carbocycles. The van der Waals surface area contributed by atoms with Crippen molar-refractivity contribution in [1.29, 1.82) is 0 Å². The second-order valence-corrected chi connectivity index (χ2v) is 8.78. The Kier molecular flexibility index (Phi) is 5.91. The van der Waals surface area contributed by atoms with Crippen molar-refractivity contribution in [2.24, 2.45) is 5.92 Å². The molecule has 2 saturated heterocycles. The minimum Gasteiger partial charge on any atom is -0.472 e. The number of rotatable bonds is 5. The van der Waals surface area contributed by atoms with E-state index >= 15 is 0 Å². The highest BCUT2D eigenvalue weighted by atomic mass is 19.4. The number of alkyl halides is 3. The molecule has 3 aliphatic rings. The fourth-order valence-electron chi connectivity index (χ4n) is 5.05. The van der Waals surface area contributed by atoms with Crippen LogP contribution in [0.2, 0.25) is 0 Å². The molecule has 1 saturated carbocycles. The normalized spacial score (nSPS) is 24.0. The molecule has 4 unspecified atom stereocenters. The van der Waals surface area contributed by atoms with E-state index in [1.165, 1.54) is 23.3 Å². The van der Waals surface area contributed by atoms with E-state index in [-0.39, 0.29) is 30.0 Å². The summed E-state index contributed by atoms with van der Waals surface area (Å²) in [7, 11) is 0. The third-order valence-corrected chi connectivity index (χ3v) is 6.66. The zero-order valence-electron chi connectivity index (χ0n) is 18.8. The number of aliphatic hydroxyl groups excluding tert-OH is 1. The molecule has 3 fully saturated rings. The molecule has 2 aliphatic heterocycles. The molecule has 3 aromatic rings. The average Bonchev–Trinajstić information content (AvgIpc) is 3.38. The zero-order chi connectivity index (χ0) is 24.7. The summed E-state index contributed by atoms with van der Waals surface area (Å²) in [5.74, 6) is -0.369. The van der Waals surface area contributed by atoms with Crippen molar-refractivity contribution in [2.45, 2.75) is 50.6 Å². The van der Waals surface area contributed by atoms with Crippen LogP contribution in [0.3, 0.4) is 0 Å². The van der Waals surface area contributed by atoms with Crippen LogP contribution in [0, 0.1) is 12.8 Å². The van der Waals surface area contributed by atoms with Crippen molar-refractivity contribution >= 4 is 5.91 Å². The number of halogens is 3. The molecule has 5 heterocycles. The van der Waals surface area contributed by atoms with Crippen LogP contribution in [0.4, 0.5) is 13.2 Å². The maximum atomic E-state index is 13.9. The van der Waals surface area contributed by atoms with E-state index in [0.717, 1.165) is 18.7 Å². The lowest BCUT2D eigenvalue weighted by atomic mass is 9.73. The third-order valence-electron chi connectivity index (χ3n) is 6.66. The Morgan fingerprint density at radius 3 is 2.60 bits per heavy atom. The molecule has 1 aliphatic carbocycles. The molecule has 35 heavy (non-hydrogen) atoms. The van der Waals surface area contributed by atoms with Gasteiger partial charge in [0.05, 0.1) is 36.6 Å². The number of nitrogens with zero attached hydrogens (tertiary/aromatic N) is 6. The molecule has 0 radical (unpaired) electrons. The lowest BCUT2D eigenvalue weighted by Gasteiger charge is -2.53. The average molecular weight is 488 g/mol. The van der Waals surface area contributed by atoms with Gasteiger partial charge in [-0.05, 0) is 50.3 Å². The summed E-state index contributed by atoms with van der Waals surface area (Å²) in [5.41, 5.74) is 0.329. The first-order valence-electron chi connectivity index (χ1n) is 11.2. The van der Waals surface area contributed by atoms with Crippen LogP contribution < -0.4 is 4.74 Å². The second-order valence-electron chi connectivity index (χ2n) is 8.78. The van der Waals surface area contributed by atoms with Gasteiger partial charge in [0.25, 0.3) is 5.91 Å². The molecular formula is C23H23F3N6O3. The Morgan fingerprint density at radius 2 is 1.94 bits per heavy atom. The lowest BCUT2D eigenvalue weighted by Crippen LogP contribution is -2.65. The van der Waals surface area contributed by atoms with Crippen LogP contribution in [0.5, 0.6) is 5.88 Å². The number of aryl methyl sites for hydroxylation is 1. The minimum absolute atomic E-state index is 0.0375. The number of pyridine rings is 2. The topological polar surface area (TPSA) is 106 Å². The van der Waals surface area contributed by atoms with Crippen LogP contribution in [0.25, 0.3) is 5.69 Å². The predicted molar refractivity (Wildman–Crippen MR) is 116 cm³/mol. The fourth-order valence-corrected chi connectivity index (χ4v) is 5.05. The van der Waals surface area contributed by atoms with Crippen molar-refractivity contribution in [3.05, 3.63) is 59.8 Å². The van der Waals surface area contributed by atoms with Crippen molar-refractivity contribution in [3.63, 3.8) is 0 Å². The number of ether oxygens (including phenoxy) is 1. The molecule has 1 N–H and O–H groups in total. The molecular weight excluding hydrogens is 465 g/mol. The van der Waals surface area contributed by atoms with Crippen molar-refractivity contribution in [3.8, 4) is 11.6 Å². The van der Waals surface area contributed by atoms with E-state index in [9.17, 15) is 23.1 Å². The van der Waals surface area contributed by atoms with Crippen molar-refractivity contribution in [1.82, 2.24) is 29.9 Å². The molecule has 4 atom stereocenters. The van der Waals surface area contributed by atoms with Gasteiger partial charge in [0.1, 0.15) is 11.8 Å². The Hall–Kier alpha value is -3.54. The van der Waals surface area contributed by atoms with E-state index < -0.39 is 29.9 Å². The fraction of sp³-hybridized carbons (Fsp3) is 0.435. The van der Waals surface area contributed by atoms with Gasteiger partial charge in [0, 0.05) is 18.0 Å². The summed E-state index contributed by atoms with van der Waals surface area (Å²) in [6.07, 6.45) is 0.722. The van der Waals surface area contributed by atoms with E-state index in [1.54, 1.807) is 24.0 Å². The number of hydrogen-bond acceptors (Lipinski definition) is 7. The van der Waals surface area contributed by atoms with Gasteiger partial charge in [-0.15, -0.1) is 4.80 Å². The van der Waals surface area contributed by atoms with Gasteiger partial charge in [-0.1, -0.05) is 0 Å². The van der Waals surface area contributed by atoms with Crippen LogP contribution in [-0.2, 0) is 6.18 Å². The Labute approximate surface area is 198 Å². The van der Waals surface area contributed by atoms with Gasteiger partial charge in [-0.25, -0.2) is 9.97 Å². The molecule has 9 nitrogen and oxygen atoms in total. The second kappa shape index (κ2) is 8.91. The molecule has 6 rings (SSSR count). The van der Waals surface area contributed by atoms with Crippen LogP contribution in [-0.4, -0.2) is 65.7 Å². The lowest BCUT2D eigenvalue weighted by molar-refractivity contribution is -0.137. The highest BCUT2D eigenvalue weighted by Gasteiger charge is 2.50. The van der Waals surface area contributed by atoms with E-state index in [0.29, 0.717) is 24.2 Å². The summed E-state index contributed by atoms with van der Waals surface area (Å²) >= 11 is 0. The standard InChI is InChI=1S/C23H23F3N6O3/c1-13-2-5-17(32-28-8-9-29-32)21(30-13)22(34)31-16-6-3-14(18(31)12-33)10-19(16)35-20-7-4-15(11-27-20)23(24,25)26/h2,4-5,7-9,11,14,16,18-19,33H,3,6,10,12H2,1H3. The number of aliphatic hydroxyl groups is 1. The van der Waals surface area contributed by atoms with E-state index in [2.05, 4.69) is 20.2 Å². The van der Waals surface area contributed by atoms with Crippen molar-refractivity contribution < 1.29 is 27.8 Å². The molecule has 12 heteroatoms. The summed E-state index contributed by atoms with van der Waals surface area (Å²) in [6.45, 7) is 1.55. The highest BCUT2D eigenvalue weighted by molar-refractivity contribution is 5.96. The number of amides is 1. The zero-order valence-corrected chi connectivity index (χ0v) is 18.8. The third kappa shape index (κ3) is 4.33. The summed E-state index contributed by atoms with van der Waals surface area (Å²) in [6, 6.07) is 4.74. The van der Waals surface area contributed by atoms with Crippen LogP contribution in [0.15, 0.2) is 42.9 Å². The minimum atomic E-state index is -4.49. The van der Waals surface area contributed by atoms with Crippen LogP contribution in [0.1, 0.15) is 41.0 Å². The van der Waals surface area contributed by atoms with Gasteiger partial charge < -0.3 is 14.7 Å². The molecule has 1 amide bonds. The van der Waals surface area contributed by atoms with Gasteiger partial charge in [0.2, 0.25) is 5.88 Å². The summed E-state index contributed by atoms with van der Waals surface area (Å²) in [5, 5.41) is 18.4. The predicted octanol–water partition coefficient (Wildman–Crippen LogP) is 2.82. The van der Waals surface area contributed by atoms with Gasteiger partial charge in [-0.3, -0.25) is 4.79 Å². The number of hydrogen-bond donors (Lipinski definition) is 1. The monoisotopic (exact) mass is 488 g/mol. The largest absolute Gasteiger partial charge is 0.472 e. The maximum Gasteiger partial charge on any atom is 0.417 e. The summed E-state index contributed by atoms with van der Waals surface area (Å²) < 4.78 is 44.6. The number of carbonyl (C=O) groups is 1. The van der Waals surface area contributed by atoms with Crippen LogP contribution >= 0.6 is 0 Å². The first-order valence-corrected chi connectivity index (χ1v) is 11.2. The number of carbonyl (C=O) groups excluding carboxylic acids is 1. The van der Waals surface area contributed by atoms with Gasteiger partial charge in [-0.2, -0.15) is 23.4 Å². The SMILES string of the molecule is Cc1ccc(-n2nccn2)c(C(=O)N2C(CO)C3CCC2C(Oc2ccc(C(F)(F)F)cn2)C3)n1. The maximum absolute atomic E-state index is 13.9. The number of piperidine rings is 2. The Bertz CT molecular complexity index is 1200. The first-order chi connectivity index (χ1) is 16.8. The smallest absolute Gasteiger partial charge is 0.417 e. The molecule has 2 bridgehead atoms. The first kappa shape index (κ1) is 23.2. The molecule has 0 spiro atoms. The Balaban J connectivity index is 1.45. The Morgan fingerprint density at radius 1 is 1.17 bits per heavy atom. The van der Waals surface area contributed by atoms with E-state index in [4.69, 9.17) is 4.74 Å². The van der Waals surface area contributed by atoms with Gasteiger partial charge in [0.15, 0.2) is 5.69 Å². The number of fused-ring (bicyclic) bond motifs is 3. The van der Waals surface area contributed by atoms with Gasteiger partial charge >= 0.3 is 6.18 Å². The highest BCUT2D eigenvalue weighted by Crippen LogP contribution is 2.42. The molecule has 184 valence electrons. The molecule has 3 aromatic heterocycles. The number of aromatic nitrogens is 5.